The van der Waals surface area contributed by atoms with Crippen LogP contribution in [0.1, 0.15) is 32.0 Å². The van der Waals surface area contributed by atoms with Crippen LogP contribution in [0.15, 0.2) is 12.3 Å². The minimum atomic E-state index is -2.77. The average molecular weight is 326 g/mol. The van der Waals surface area contributed by atoms with E-state index in [-0.39, 0.29) is 30.2 Å². The van der Waals surface area contributed by atoms with Gasteiger partial charge in [0.25, 0.3) is 5.92 Å². The topological polar surface area (TPSA) is 58.4 Å². The number of amides is 2. The molecule has 1 aromatic heterocycles. The molecule has 0 spiro atoms. The summed E-state index contributed by atoms with van der Waals surface area (Å²) in [6.07, 6.45) is 1.71. The van der Waals surface area contributed by atoms with Crippen molar-refractivity contribution in [3.05, 3.63) is 18.0 Å². The summed E-state index contributed by atoms with van der Waals surface area (Å²) in [5.74, 6) is -3.19. The lowest BCUT2D eigenvalue weighted by atomic mass is 10.0. The summed E-state index contributed by atoms with van der Waals surface area (Å²) in [5.41, 5.74) is 0.858. The molecule has 2 aliphatic rings. The van der Waals surface area contributed by atoms with E-state index in [1.54, 1.807) is 15.8 Å². The lowest BCUT2D eigenvalue weighted by molar-refractivity contribution is -0.166. The third kappa shape index (κ3) is 3.07. The monoisotopic (exact) mass is 326 g/mol. The zero-order valence-electron chi connectivity index (χ0n) is 13.2. The van der Waals surface area contributed by atoms with Gasteiger partial charge in [-0.15, -0.1) is 0 Å². The molecule has 23 heavy (non-hydrogen) atoms. The lowest BCUT2D eigenvalue weighted by Crippen LogP contribution is -2.59. The quantitative estimate of drug-likeness (QED) is 0.841. The van der Waals surface area contributed by atoms with E-state index < -0.39 is 19.0 Å². The zero-order chi connectivity index (χ0) is 16.8. The first kappa shape index (κ1) is 15.9. The molecule has 8 heteroatoms. The van der Waals surface area contributed by atoms with E-state index >= 15 is 0 Å². The minimum Gasteiger partial charge on any atom is -0.334 e. The van der Waals surface area contributed by atoms with E-state index in [1.165, 1.54) is 0 Å². The molecule has 1 atom stereocenters. The van der Waals surface area contributed by atoms with Crippen molar-refractivity contribution < 1.29 is 18.4 Å². The molecule has 0 radical (unpaired) electrons. The SMILES string of the molecule is CC(C)C(=O)N1Cc2ccnn2[C@@H](CC(=O)N2CC(F)(F)C2)C1. The molecule has 0 aliphatic carbocycles. The molecule has 1 fully saturated rings. The van der Waals surface area contributed by atoms with Crippen LogP contribution in [0.3, 0.4) is 0 Å². The van der Waals surface area contributed by atoms with Crippen LogP contribution in [0.5, 0.6) is 0 Å². The summed E-state index contributed by atoms with van der Waals surface area (Å²) >= 11 is 0. The molecule has 0 N–H and O–H groups in total. The van der Waals surface area contributed by atoms with Gasteiger partial charge in [-0.1, -0.05) is 13.8 Å². The van der Waals surface area contributed by atoms with Crippen molar-refractivity contribution >= 4 is 11.8 Å². The molecule has 2 amide bonds. The first-order valence-electron chi connectivity index (χ1n) is 7.73. The second kappa shape index (κ2) is 5.58. The largest absolute Gasteiger partial charge is 0.334 e. The second-order valence-electron chi connectivity index (χ2n) is 6.60. The summed E-state index contributed by atoms with van der Waals surface area (Å²) < 4.78 is 27.6. The van der Waals surface area contributed by atoms with Crippen LogP contribution in [0.2, 0.25) is 0 Å². The van der Waals surface area contributed by atoms with Crippen LogP contribution in [-0.2, 0) is 16.1 Å². The van der Waals surface area contributed by atoms with Crippen LogP contribution >= 0.6 is 0 Å². The highest BCUT2D eigenvalue weighted by Crippen LogP contribution is 2.30. The number of hydrogen-bond donors (Lipinski definition) is 0. The maximum Gasteiger partial charge on any atom is 0.282 e. The van der Waals surface area contributed by atoms with Gasteiger partial charge in [0.1, 0.15) is 0 Å². The van der Waals surface area contributed by atoms with Crippen LogP contribution < -0.4 is 0 Å². The van der Waals surface area contributed by atoms with Gasteiger partial charge in [0.05, 0.1) is 37.8 Å². The summed E-state index contributed by atoms with van der Waals surface area (Å²) in [7, 11) is 0. The van der Waals surface area contributed by atoms with Crippen molar-refractivity contribution in [3.63, 3.8) is 0 Å². The number of nitrogens with zero attached hydrogens (tertiary/aromatic N) is 4. The summed E-state index contributed by atoms with van der Waals surface area (Å²) in [6.45, 7) is 3.47. The maximum atomic E-state index is 12.9. The fourth-order valence-corrected chi connectivity index (χ4v) is 3.09. The lowest BCUT2D eigenvalue weighted by Gasteiger charge is -2.40. The number of likely N-dealkylation sites (tertiary alicyclic amines) is 1. The molecule has 0 unspecified atom stereocenters. The van der Waals surface area contributed by atoms with Gasteiger partial charge in [0, 0.05) is 18.7 Å². The van der Waals surface area contributed by atoms with Gasteiger partial charge in [0.2, 0.25) is 11.8 Å². The Bertz CT molecular complexity index is 621. The van der Waals surface area contributed by atoms with E-state index in [0.29, 0.717) is 13.1 Å². The molecule has 0 aromatic carbocycles. The fourth-order valence-electron chi connectivity index (χ4n) is 3.09. The standard InChI is InChI=1S/C15H20F2N4O2/c1-10(2)14(23)19-6-11-3-4-18-21(11)12(7-19)5-13(22)20-8-15(16,17)9-20/h3-4,10,12H,5-9H2,1-2H3/t12-/m0/s1. The molecule has 3 rings (SSSR count). The van der Waals surface area contributed by atoms with E-state index in [2.05, 4.69) is 5.10 Å². The molecule has 1 saturated heterocycles. The third-order valence-corrected chi connectivity index (χ3v) is 4.30. The number of fused-ring (bicyclic) bond motifs is 1. The Labute approximate surface area is 133 Å². The van der Waals surface area contributed by atoms with Crippen molar-refractivity contribution in [2.45, 2.75) is 38.8 Å². The van der Waals surface area contributed by atoms with Gasteiger partial charge in [-0.2, -0.15) is 5.10 Å². The Morgan fingerprint density at radius 2 is 2.04 bits per heavy atom. The molecular formula is C15H20F2N4O2. The summed E-state index contributed by atoms with van der Waals surface area (Å²) in [5, 5.41) is 4.22. The van der Waals surface area contributed by atoms with Crippen LogP contribution in [0, 0.1) is 5.92 Å². The fraction of sp³-hybridized carbons (Fsp3) is 0.667. The van der Waals surface area contributed by atoms with Crippen molar-refractivity contribution in [3.8, 4) is 0 Å². The first-order chi connectivity index (χ1) is 10.8. The zero-order valence-corrected chi connectivity index (χ0v) is 13.2. The molecule has 126 valence electrons. The number of aromatic nitrogens is 2. The van der Waals surface area contributed by atoms with E-state index in [9.17, 15) is 18.4 Å². The van der Waals surface area contributed by atoms with Gasteiger partial charge >= 0.3 is 0 Å². The van der Waals surface area contributed by atoms with E-state index in [1.807, 2.05) is 19.9 Å². The number of halogens is 2. The molecule has 6 nitrogen and oxygen atoms in total. The Hall–Kier alpha value is -1.99. The molecule has 0 bridgehead atoms. The molecular weight excluding hydrogens is 306 g/mol. The molecule has 2 aliphatic heterocycles. The third-order valence-electron chi connectivity index (χ3n) is 4.30. The maximum absolute atomic E-state index is 12.9. The smallest absolute Gasteiger partial charge is 0.282 e. The second-order valence-corrected chi connectivity index (χ2v) is 6.60. The Balaban J connectivity index is 1.71. The molecule has 3 heterocycles. The van der Waals surface area contributed by atoms with Gasteiger partial charge in [-0.05, 0) is 6.07 Å². The highest BCUT2D eigenvalue weighted by atomic mass is 19.3. The first-order valence-corrected chi connectivity index (χ1v) is 7.73. The molecule has 1 aromatic rings. The van der Waals surface area contributed by atoms with Crippen LogP contribution in [0.25, 0.3) is 0 Å². The van der Waals surface area contributed by atoms with Gasteiger partial charge < -0.3 is 9.80 Å². The Kier molecular flexibility index (Phi) is 3.85. The van der Waals surface area contributed by atoms with E-state index in [4.69, 9.17) is 0 Å². The average Bonchev–Trinajstić information content (AvgIpc) is 2.92. The highest BCUT2D eigenvalue weighted by Gasteiger charge is 2.46. The van der Waals surface area contributed by atoms with Gasteiger partial charge in [-0.25, -0.2) is 8.78 Å². The van der Waals surface area contributed by atoms with Crippen molar-refractivity contribution in [2.24, 2.45) is 5.92 Å². The van der Waals surface area contributed by atoms with Crippen molar-refractivity contribution in [1.29, 1.82) is 0 Å². The van der Waals surface area contributed by atoms with Crippen molar-refractivity contribution in [1.82, 2.24) is 19.6 Å². The van der Waals surface area contributed by atoms with Crippen molar-refractivity contribution in [2.75, 3.05) is 19.6 Å². The number of carbonyl (C=O) groups excluding carboxylic acids is 2. The van der Waals surface area contributed by atoms with Gasteiger partial charge in [-0.3, -0.25) is 14.3 Å². The number of carbonyl (C=O) groups is 2. The number of hydrogen-bond acceptors (Lipinski definition) is 3. The predicted molar refractivity (Wildman–Crippen MR) is 77.7 cm³/mol. The summed E-state index contributed by atoms with van der Waals surface area (Å²) in [4.78, 5) is 27.3. The summed E-state index contributed by atoms with van der Waals surface area (Å²) in [6, 6.07) is 1.51. The Morgan fingerprint density at radius 1 is 1.35 bits per heavy atom. The number of alkyl halides is 2. The minimum absolute atomic E-state index is 0.0189. The van der Waals surface area contributed by atoms with Gasteiger partial charge in [0.15, 0.2) is 0 Å². The number of rotatable bonds is 3. The van der Waals surface area contributed by atoms with Crippen LogP contribution in [0.4, 0.5) is 8.78 Å². The van der Waals surface area contributed by atoms with Crippen LogP contribution in [-0.4, -0.2) is 57.0 Å². The Morgan fingerprint density at radius 3 is 2.65 bits per heavy atom. The van der Waals surface area contributed by atoms with E-state index in [0.717, 1.165) is 10.6 Å². The molecule has 0 saturated carbocycles. The predicted octanol–water partition coefficient (Wildman–Crippen LogP) is 1.29. The highest BCUT2D eigenvalue weighted by molar-refractivity contribution is 5.79. The normalized spacial score (nSPS) is 22.7.